The molecule has 5 nitrogen and oxygen atoms in total. The Bertz CT molecular complexity index is 604. The molecule has 1 aliphatic carbocycles. The minimum absolute atomic E-state index is 0.0428. The summed E-state index contributed by atoms with van der Waals surface area (Å²) in [5, 5.41) is 0.325. The molecule has 0 spiro atoms. The van der Waals surface area contributed by atoms with Crippen LogP contribution in [0.1, 0.15) is 18.9 Å². The molecule has 0 bridgehead atoms. The van der Waals surface area contributed by atoms with Crippen LogP contribution in [0.4, 0.5) is 0 Å². The molecule has 0 aromatic heterocycles. The molecule has 0 heterocycles. The van der Waals surface area contributed by atoms with Crippen molar-refractivity contribution in [3.8, 4) is 5.75 Å². The Kier molecular flexibility index (Phi) is 4.59. The topological polar surface area (TPSA) is 81.4 Å². The summed E-state index contributed by atoms with van der Waals surface area (Å²) in [6, 6.07) is 3.00. The SMILES string of the molecule is COc1c(CN)cc(Cl)cc1S(=O)(=O)NCC1CC1C. The van der Waals surface area contributed by atoms with Crippen LogP contribution in [0.15, 0.2) is 17.0 Å². The summed E-state index contributed by atoms with van der Waals surface area (Å²) in [5.74, 6) is 1.26. The van der Waals surface area contributed by atoms with Crippen molar-refractivity contribution in [3.05, 3.63) is 22.7 Å². The zero-order valence-corrected chi connectivity index (χ0v) is 13.1. The molecule has 1 aromatic carbocycles. The summed E-state index contributed by atoms with van der Waals surface area (Å²) in [4.78, 5) is 0.0428. The van der Waals surface area contributed by atoms with Crippen molar-refractivity contribution < 1.29 is 13.2 Å². The third-order valence-electron chi connectivity index (χ3n) is 3.62. The first-order valence-corrected chi connectivity index (χ1v) is 8.31. The number of sulfonamides is 1. The molecule has 0 amide bonds. The number of nitrogens with two attached hydrogens (primary N) is 1. The molecule has 1 aromatic rings. The summed E-state index contributed by atoms with van der Waals surface area (Å²) < 4.78 is 32.6. The molecule has 1 aliphatic rings. The van der Waals surface area contributed by atoms with Gasteiger partial charge in [0.05, 0.1) is 7.11 Å². The van der Waals surface area contributed by atoms with Crippen LogP contribution in [0.25, 0.3) is 0 Å². The summed E-state index contributed by atoms with van der Waals surface area (Å²) in [6.45, 7) is 2.70. The number of benzene rings is 1. The van der Waals surface area contributed by atoms with Crippen molar-refractivity contribution >= 4 is 21.6 Å². The molecule has 2 rings (SSSR count). The Morgan fingerprint density at radius 1 is 1.50 bits per heavy atom. The largest absolute Gasteiger partial charge is 0.495 e. The maximum atomic E-state index is 12.4. The van der Waals surface area contributed by atoms with Crippen molar-refractivity contribution in [2.75, 3.05) is 13.7 Å². The van der Waals surface area contributed by atoms with Gasteiger partial charge in [-0.15, -0.1) is 0 Å². The molecule has 0 saturated heterocycles. The molecular weight excluding hydrogens is 300 g/mol. The molecule has 112 valence electrons. The molecule has 2 unspecified atom stereocenters. The van der Waals surface area contributed by atoms with Crippen LogP contribution in [-0.2, 0) is 16.6 Å². The highest BCUT2D eigenvalue weighted by Gasteiger charge is 2.34. The molecular formula is C13H19ClN2O3S. The van der Waals surface area contributed by atoms with Gasteiger partial charge in [0.1, 0.15) is 10.6 Å². The van der Waals surface area contributed by atoms with E-state index < -0.39 is 10.0 Å². The van der Waals surface area contributed by atoms with E-state index in [9.17, 15) is 8.42 Å². The van der Waals surface area contributed by atoms with Gasteiger partial charge >= 0.3 is 0 Å². The minimum atomic E-state index is -3.65. The summed E-state index contributed by atoms with van der Waals surface area (Å²) >= 11 is 5.96. The predicted molar refractivity (Wildman–Crippen MR) is 78.4 cm³/mol. The van der Waals surface area contributed by atoms with Crippen LogP contribution in [0.2, 0.25) is 5.02 Å². The van der Waals surface area contributed by atoms with Gasteiger partial charge in [0, 0.05) is 23.7 Å². The maximum Gasteiger partial charge on any atom is 0.244 e. The average Bonchev–Trinajstić information content (AvgIpc) is 3.11. The molecule has 2 atom stereocenters. The molecule has 0 aliphatic heterocycles. The first-order valence-electron chi connectivity index (χ1n) is 6.45. The Balaban J connectivity index is 2.31. The molecule has 1 saturated carbocycles. The van der Waals surface area contributed by atoms with E-state index in [2.05, 4.69) is 11.6 Å². The quantitative estimate of drug-likeness (QED) is 0.837. The smallest absolute Gasteiger partial charge is 0.244 e. The lowest BCUT2D eigenvalue weighted by Crippen LogP contribution is -2.27. The second-order valence-corrected chi connectivity index (χ2v) is 7.30. The van der Waals surface area contributed by atoms with Crippen LogP contribution in [-0.4, -0.2) is 22.1 Å². The van der Waals surface area contributed by atoms with E-state index in [0.29, 0.717) is 29.0 Å². The third kappa shape index (κ3) is 3.25. The van der Waals surface area contributed by atoms with E-state index in [4.69, 9.17) is 22.1 Å². The zero-order chi connectivity index (χ0) is 14.9. The fourth-order valence-corrected chi connectivity index (χ4v) is 3.82. The highest BCUT2D eigenvalue weighted by molar-refractivity contribution is 7.89. The van der Waals surface area contributed by atoms with Crippen LogP contribution < -0.4 is 15.2 Å². The highest BCUT2D eigenvalue weighted by Crippen LogP contribution is 2.37. The summed E-state index contributed by atoms with van der Waals surface area (Å²) in [7, 11) is -2.23. The van der Waals surface area contributed by atoms with Gasteiger partial charge in [-0.05, 0) is 30.4 Å². The first-order chi connectivity index (χ1) is 9.39. The lowest BCUT2D eigenvalue weighted by atomic mass is 10.2. The second-order valence-electron chi connectivity index (χ2n) is 5.13. The van der Waals surface area contributed by atoms with Gasteiger partial charge < -0.3 is 10.5 Å². The Hall–Kier alpha value is -0.820. The van der Waals surface area contributed by atoms with Crippen LogP contribution in [0.3, 0.4) is 0 Å². The number of nitrogens with one attached hydrogen (secondary N) is 1. The monoisotopic (exact) mass is 318 g/mol. The molecule has 1 fully saturated rings. The molecule has 7 heteroatoms. The number of ether oxygens (including phenoxy) is 1. The fourth-order valence-electron chi connectivity index (χ4n) is 2.18. The fraction of sp³-hybridized carbons (Fsp3) is 0.538. The minimum Gasteiger partial charge on any atom is -0.495 e. The van der Waals surface area contributed by atoms with E-state index in [1.54, 1.807) is 6.07 Å². The maximum absolute atomic E-state index is 12.4. The number of hydrogen-bond acceptors (Lipinski definition) is 4. The van der Waals surface area contributed by atoms with Gasteiger partial charge in [-0.1, -0.05) is 18.5 Å². The first kappa shape index (κ1) is 15.6. The van der Waals surface area contributed by atoms with E-state index >= 15 is 0 Å². The van der Waals surface area contributed by atoms with E-state index in [-0.39, 0.29) is 17.2 Å². The number of rotatable bonds is 6. The Labute approximate surface area is 124 Å². The van der Waals surface area contributed by atoms with E-state index in [0.717, 1.165) is 6.42 Å². The molecule has 0 radical (unpaired) electrons. The normalized spacial score (nSPS) is 21.8. The van der Waals surface area contributed by atoms with Crippen LogP contribution in [0, 0.1) is 11.8 Å². The van der Waals surface area contributed by atoms with Crippen molar-refractivity contribution in [3.63, 3.8) is 0 Å². The van der Waals surface area contributed by atoms with E-state index in [1.807, 2.05) is 0 Å². The number of hydrogen-bond donors (Lipinski definition) is 2. The van der Waals surface area contributed by atoms with Crippen molar-refractivity contribution in [2.24, 2.45) is 17.6 Å². The van der Waals surface area contributed by atoms with Gasteiger partial charge in [-0.3, -0.25) is 0 Å². The van der Waals surface area contributed by atoms with Gasteiger partial charge in [0.25, 0.3) is 0 Å². The standard InChI is InChI=1S/C13H19ClN2O3S/c1-8-3-10(8)7-16-20(17,18)12-5-11(14)4-9(6-15)13(12)19-2/h4-5,8,10,16H,3,6-7,15H2,1-2H3. The molecule has 3 N–H and O–H groups in total. The zero-order valence-electron chi connectivity index (χ0n) is 11.5. The Morgan fingerprint density at radius 3 is 2.65 bits per heavy atom. The van der Waals surface area contributed by atoms with Crippen LogP contribution >= 0.6 is 11.6 Å². The van der Waals surface area contributed by atoms with Gasteiger partial charge in [-0.2, -0.15) is 0 Å². The number of methoxy groups -OCH3 is 1. The number of halogens is 1. The van der Waals surface area contributed by atoms with E-state index in [1.165, 1.54) is 13.2 Å². The Morgan fingerprint density at radius 2 is 2.15 bits per heavy atom. The summed E-state index contributed by atoms with van der Waals surface area (Å²) in [6.07, 6.45) is 1.06. The van der Waals surface area contributed by atoms with Crippen molar-refractivity contribution in [1.82, 2.24) is 4.72 Å². The third-order valence-corrected chi connectivity index (χ3v) is 5.27. The van der Waals surface area contributed by atoms with Crippen molar-refractivity contribution in [1.29, 1.82) is 0 Å². The van der Waals surface area contributed by atoms with Gasteiger partial charge in [0.15, 0.2) is 0 Å². The summed E-state index contributed by atoms with van der Waals surface area (Å²) in [5.41, 5.74) is 6.17. The van der Waals surface area contributed by atoms with Crippen molar-refractivity contribution in [2.45, 2.75) is 24.8 Å². The predicted octanol–water partition coefficient (Wildman–Crippen LogP) is 1.74. The average molecular weight is 319 g/mol. The lowest BCUT2D eigenvalue weighted by molar-refractivity contribution is 0.397. The van der Waals surface area contributed by atoms with Gasteiger partial charge in [0.2, 0.25) is 10.0 Å². The lowest BCUT2D eigenvalue weighted by Gasteiger charge is -2.14. The second kappa shape index (κ2) is 5.89. The van der Waals surface area contributed by atoms with Gasteiger partial charge in [-0.25, -0.2) is 13.1 Å². The molecule has 20 heavy (non-hydrogen) atoms. The van der Waals surface area contributed by atoms with Crippen LogP contribution in [0.5, 0.6) is 5.75 Å². The highest BCUT2D eigenvalue weighted by atomic mass is 35.5.